The first kappa shape index (κ1) is 16.4. The van der Waals surface area contributed by atoms with E-state index in [4.69, 9.17) is 9.26 Å². The first-order valence-corrected chi connectivity index (χ1v) is 8.07. The van der Waals surface area contributed by atoms with Gasteiger partial charge in [0.15, 0.2) is 0 Å². The van der Waals surface area contributed by atoms with E-state index in [2.05, 4.69) is 20.4 Å². The van der Waals surface area contributed by atoms with Crippen molar-refractivity contribution in [1.82, 2.24) is 25.3 Å². The van der Waals surface area contributed by atoms with Gasteiger partial charge in [-0.25, -0.2) is 4.79 Å². The highest BCUT2D eigenvalue weighted by Crippen LogP contribution is 2.13. The number of aromatic nitrogens is 3. The van der Waals surface area contributed by atoms with Crippen LogP contribution in [0.15, 0.2) is 28.9 Å². The fourth-order valence-corrected chi connectivity index (χ4v) is 2.54. The van der Waals surface area contributed by atoms with Gasteiger partial charge in [0.05, 0.1) is 6.10 Å². The number of nitrogens with one attached hydrogen (secondary N) is 1. The Bertz CT molecular complexity index is 655. The maximum absolute atomic E-state index is 12.0. The SMILES string of the molecule is CN(C[C@@H]1CCCO1)C(=O)NCCc1nc(-c2ccccn2)no1. The number of amides is 2. The Morgan fingerprint density at radius 2 is 2.38 bits per heavy atom. The van der Waals surface area contributed by atoms with E-state index in [1.54, 1.807) is 18.1 Å². The summed E-state index contributed by atoms with van der Waals surface area (Å²) in [7, 11) is 1.77. The molecule has 8 heteroatoms. The summed E-state index contributed by atoms with van der Waals surface area (Å²) in [5.41, 5.74) is 0.660. The molecule has 24 heavy (non-hydrogen) atoms. The first-order chi connectivity index (χ1) is 11.7. The van der Waals surface area contributed by atoms with E-state index in [1.807, 2.05) is 18.2 Å². The van der Waals surface area contributed by atoms with Gasteiger partial charge in [-0.05, 0) is 25.0 Å². The molecule has 1 saturated heterocycles. The molecule has 1 aliphatic heterocycles. The molecule has 1 N–H and O–H groups in total. The Balaban J connectivity index is 1.43. The van der Waals surface area contributed by atoms with Crippen LogP contribution in [0.1, 0.15) is 18.7 Å². The molecule has 8 nitrogen and oxygen atoms in total. The van der Waals surface area contributed by atoms with Gasteiger partial charge in [0.1, 0.15) is 5.69 Å². The van der Waals surface area contributed by atoms with E-state index >= 15 is 0 Å². The molecule has 1 atom stereocenters. The van der Waals surface area contributed by atoms with Crippen molar-refractivity contribution in [3.8, 4) is 11.5 Å². The third-order valence-electron chi connectivity index (χ3n) is 3.83. The average molecular weight is 331 g/mol. The van der Waals surface area contributed by atoms with Gasteiger partial charge in [-0.3, -0.25) is 4.98 Å². The van der Waals surface area contributed by atoms with Gasteiger partial charge >= 0.3 is 6.03 Å². The Kier molecular flexibility index (Phi) is 5.37. The molecule has 0 bridgehead atoms. The second-order valence-corrected chi connectivity index (χ2v) is 5.72. The van der Waals surface area contributed by atoms with Crippen LogP contribution in [0.4, 0.5) is 4.79 Å². The van der Waals surface area contributed by atoms with Crippen molar-refractivity contribution in [1.29, 1.82) is 0 Å². The van der Waals surface area contributed by atoms with Crippen LogP contribution >= 0.6 is 0 Å². The highest BCUT2D eigenvalue weighted by Gasteiger charge is 2.20. The van der Waals surface area contributed by atoms with Crippen LogP contribution in [0.5, 0.6) is 0 Å². The number of nitrogens with zero attached hydrogens (tertiary/aromatic N) is 4. The molecule has 0 saturated carbocycles. The number of rotatable bonds is 6. The number of likely N-dealkylation sites (N-methyl/N-ethyl adjacent to an activating group) is 1. The summed E-state index contributed by atoms with van der Waals surface area (Å²) in [5, 5.41) is 6.74. The molecule has 0 aliphatic carbocycles. The van der Waals surface area contributed by atoms with Crippen LogP contribution in [0.3, 0.4) is 0 Å². The molecule has 0 unspecified atom stereocenters. The summed E-state index contributed by atoms with van der Waals surface area (Å²) < 4.78 is 10.7. The van der Waals surface area contributed by atoms with E-state index in [0.29, 0.717) is 36.9 Å². The third kappa shape index (κ3) is 4.29. The van der Waals surface area contributed by atoms with E-state index in [-0.39, 0.29) is 12.1 Å². The quantitative estimate of drug-likeness (QED) is 0.862. The summed E-state index contributed by atoms with van der Waals surface area (Å²) in [5.74, 6) is 0.921. The number of hydrogen-bond donors (Lipinski definition) is 1. The molecule has 3 rings (SSSR count). The van der Waals surface area contributed by atoms with E-state index < -0.39 is 0 Å². The second-order valence-electron chi connectivity index (χ2n) is 5.72. The second kappa shape index (κ2) is 7.87. The zero-order valence-corrected chi connectivity index (χ0v) is 13.6. The predicted molar refractivity (Wildman–Crippen MR) is 86.2 cm³/mol. The highest BCUT2D eigenvalue weighted by molar-refractivity contribution is 5.73. The number of urea groups is 1. The zero-order chi connectivity index (χ0) is 16.8. The highest BCUT2D eigenvalue weighted by atomic mass is 16.5. The number of ether oxygens (including phenoxy) is 1. The summed E-state index contributed by atoms with van der Waals surface area (Å²) >= 11 is 0. The number of carbonyl (C=O) groups excluding carboxylic acids is 1. The normalized spacial score (nSPS) is 17.0. The molecular formula is C16H21N5O3. The molecule has 0 aromatic carbocycles. The van der Waals surface area contributed by atoms with Crippen molar-refractivity contribution in [2.45, 2.75) is 25.4 Å². The van der Waals surface area contributed by atoms with Gasteiger partial charge in [0.2, 0.25) is 11.7 Å². The monoisotopic (exact) mass is 331 g/mol. The van der Waals surface area contributed by atoms with E-state index in [1.165, 1.54) is 0 Å². The molecular weight excluding hydrogens is 310 g/mol. The smallest absolute Gasteiger partial charge is 0.317 e. The molecule has 2 amide bonds. The summed E-state index contributed by atoms with van der Waals surface area (Å²) in [6.07, 6.45) is 4.37. The van der Waals surface area contributed by atoms with Crippen LogP contribution in [-0.4, -0.2) is 58.9 Å². The number of carbonyl (C=O) groups is 1. The topological polar surface area (TPSA) is 93.4 Å². The molecule has 3 heterocycles. The fourth-order valence-electron chi connectivity index (χ4n) is 2.54. The van der Waals surface area contributed by atoms with Crippen molar-refractivity contribution in [2.75, 3.05) is 26.7 Å². The maximum atomic E-state index is 12.0. The standard InChI is InChI=1S/C16H21N5O3/c1-21(11-12-5-4-10-23-12)16(22)18-9-7-14-19-15(20-24-14)13-6-2-3-8-17-13/h2-3,6,8,12H,4-5,7,9-11H2,1H3,(H,18,22)/t12-/m0/s1. The van der Waals surface area contributed by atoms with Crippen molar-refractivity contribution in [3.63, 3.8) is 0 Å². The Morgan fingerprint density at radius 3 is 3.12 bits per heavy atom. The zero-order valence-electron chi connectivity index (χ0n) is 13.6. The lowest BCUT2D eigenvalue weighted by Gasteiger charge is -2.21. The van der Waals surface area contributed by atoms with Crippen molar-refractivity contribution in [3.05, 3.63) is 30.3 Å². The average Bonchev–Trinajstić information content (AvgIpc) is 3.27. The van der Waals surface area contributed by atoms with E-state index in [0.717, 1.165) is 19.4 Å². The molecule has 0 radical (unpaired) electrons. The lowest BCUT2D eigenvalue weighted by atomic mass is 10.2. The summed E-state index contributed by atoms with van der Waals surface area (Å²) in [4.78, 5) is 22.1. The minimum atomic E-state index is -0.130. The van der Waals surface area contributed by atoms with Crippen LogP contribution in [0.2, 0.25) is 0 Å². The lowest BCUT2D eigenvalue weighted by molar-refractivity contribution is 0.0875. The Labute approximate surface area is 140 Å². The molecule has 0 spiro atoms. The van der Waals surface area contributed by atoms with Crippen LogP contribution in [0, 0.1) is 0 Å². The molecule has 1 aliphatic rings. The van der Waals surface area contributed by atoms with Crippen LogP contribution < -0.4 is 5.32 Å². The van der Waals surface area contributed by atoms with Gasteiger partial charge in [-0.1, -0.05) is 11.2 Å². The number of hydrogen-bond acceptors (Lipinski definition) is 6. The minimum absolute atomic E-state index is 0.130. The minimum Gasteiger partial charge on any atom is -0.376 e. The maximum Gasteiger partial charge on any atom is 0.317 e. The van der Waals surface area contributed by atoms with Gasteiger partial charge in [-0.15, -0.1) is 0 Å². The third-order valence-corrected chi connectivity index (χ3v) is 3.83. The molecule has 1 fully saturated rings. The molecule has 128 valence electrons. The largest absolute Gasteiger partial charge is 0.376 e. The first-order valence-electron chi connectivity index (χ1n) is 8.07. The van der Waals surface area contributed by atoms with Gasteiger partial charge < -0.3 is 19.5 Å². The Morgan fingerprint density at radius 1 is 1.46 bits per heavy atom. The summed E-state index contributed by atoms with van der Waals surface area (Å²) in [6.45, 7) is 1.82. The van der Waals surface area contributed by atoms with Crippen molar-refractivity contribution >= 4 is 6.03 Å². The number of pyridine rings is 1. The summed E-state index contributed by atoms with van der Waals surface area (Å²) in [6, 6.07) is 5.38. The molecule has 2 aromatic heterocycles. The van der Waals surface area contributed by atoms with Crippen molar-refractivity contribution in [2.24, 2.45) is 0 Å². The van der Waals surface area contributed by atoms with Gasteiger partial charge in [0.25, 0.3) is 0 Å². The molecule has 2 aromatic rings. The van der Waals surface area contributed by atoms with Crippen molar-refractivity contribution < 1.29 is 14.1 Å². The van der Waals surface area contributed by atoms with Gasteiger partial charge in [0, 0.05) is 39.4 Å². The lowest BCUT2D eigenvalue weighted by Crippen LogP contribution is -2.41. The predicted octanol–water partition coefficient (Wildman–Crippen LogP) is 1.49. The van der Waals surface area contributed by atoms with Gasteiger partial charge in [-0.2, -0.15) is 4.98 Å². The van der Waals surface area contributed by atoms with E-state index in [9.17, 15) is 4.79 Å². The fraction of sp³-hybridized carbons (Fsp3) is 0.500. The van der Waals surface area contributed by atoms with Crippen LogP contribution in [0.25, 0.3) is 11.5 Å². The Hall–Kier alpha value is -2.48. The van der Waals surface area contributed by atoms with Crippen LogP contribution in [-0.2, 0) is 11.2 Å².